The maximum absolute atomic E-state index is 9.94. The number of hydrogen-bond donors (Lipinski definition) is 1. The van der Waals surface area contributed by atoms with E-state index in [-0.39, 0.29) is 0 Å². The molecule has 0 rings (SSSR count). The van der Waals surface area contributed by atoms with Gasteiger partial charge in [-0.05, 0) is 12.8 Å². The van der Waals surface area contributed by atoms with Gasteiger partial charge in [0.25, 0.3) is 0 Å². The molecule has 0 radical (unpaired) electrons. The van der Waals surface area contributed by atoms with Gasteiger partial charge in [-0.25, -0.2) is 4.21 Å². The van der Waals surface area contributed by atoms with Crippen molar-refractivity contribution < 1.29 is 12.9 Å². The van der Waals surface area contributed by atoms with E-state index in [0.717, 1.165) is 19.3 Å². The molecule has 0 aliphatic rings. The summed E-state index contributed by atoms with van der Waals surface area (Å²) in [7, 11) is 0. The van der Waals surface area contributed by atoms with Crippen LogP contribution in [0.1, 0.15) is 32.6 Å². The molecule has 5 heteroatoms. The lowest BCUT2D eigenvalue weighted by atomic mass is 10.2. The molecule has 0 aliphatic heterocycles. The molecule has 0 amide bonds. The summed E-state index contributed by atoms with van der Waals surface area (Å²) >= 11 is -2.48. The van der Waals surface area contributed by atoms with E-state index in [2.05, 4.69) is 11.1 Å². The van der Waals surface area contributed by atoms with Crippen molar-refractivity contribution in [3.8, 4) is 0 Å². The molecule has 2 unspecified atom stereocenters. The highest BCUT2D eigenvalue weighted by Gasteiger charge is 2.00. The lowest BCUT2D eigenvalue weighted by Gasteiger charge is -2.12. The molecule has 0 saturated heterocycles. The van der Waals surface area contributed by atoms with Crippen LogP contribution >= 0.6 is 0 Å². The highest BCUT2D eigenvalue weighted by Crippen LogP contribution is 2.02. The summed E-state index contributed by atoms with van der Waals surface area (Å²) in [6, 6.07) is 0. The zero-order valence-electron chi connectivity index (χ0n) is 6.62. The van der Waals surface area contributed by atoms with E-state index in [1.54, 1.807) is 0 Å². The molecule has 0 aromatic rings. The normalized spacial score (nSPS) is 16.3. The second-order valence-electron chi connectivity index (χ2n) is 2.33. The van der Waals surface area contributed by atoms with Crippen molar-refractivity contribution in [3.05, 3.63) is 0 Å². The van der Waals surface area contributed by atoms with E-state index < -0.39 is 17.6 Å². The number of unbranched alkanes of at least 4 members (excludes halogenated alkanes) is 2. The van der Waals surface area contributed by atoms with E-state index in [0.29, 0.717) is 6.42 Å². The van der Waals surface area contributed by atoms with Crippen LogP contribution in [0.3, 0.4) is 0 Å². The Morgan fingerprint density at radius 2 is 2.27 bits per heavy atom. The standard InChI is InChI=1S/C6H15NO3S/c1-2-3-4-5-6(7)10-11(8)9/h6H,2-5,7H2,1H3,(H,8,9)/p-1. The van der Waals surface area contributed by atoms with Gasteiger partial charge in [0.2, 0.25) is 0 Å². The molecule has 0 heterocycles. The summed E-state index contributed by atoms with van der Waals surface area (Å²) in [5.74, 6) is 0. The SMILES string of the molecule is CCCCCC(N)OS(=O)[O-]. The Kier molecular flexibility index (Phi) is 6.74. The number of nitrogens with two attached hydrogens (primary N) is 1. The van der Waals surface area contributed by atoms with E-state index in [1.807, 2.05) is 0 Å². The first kappa shape index (κ1) is 11.0. The van der Waals surface area contributed by atoms with Gasteiger partial charge in [0.05, 0.1) is 11.4 Å². The van der Waals surface area contributed by atoms with Crippen LogP contribution < -0.4 is 5.73 Å². The summed E-state index contributed by atoms with van der Waals surface area (Å²) in [4.78, 5) is 0. The average Bonchev–Trinajstić information content (AvgIpc) is 1.86. The molecule has 0 fully saturated rings. The summed E-state index contributed by atoms with van der Waals surface area (Å²) < 4.78 is 24.2. The lowest BCUT2D eigenvalue weighted by Crippen LogP contribution is -2.24. The molecular formula is C6H14NO3S-. The fourth-order valence-corrected chi connectivity index (χ4v) is 1.04. The summed E-state index contributed by atoms with van der Waals surface area (Å²) in [5, 5.41) is 0. The van der Waals surface area contributed by atoms with E-state index in [9.17, 15) is 8.76 Å². The zero-order valence-corrected chi connectivity index (χ0v) is 7.43. The zero-order chi connectivity index (χ0) is 8.69. The number of rotatable bonds is 6. The minimum absolute atomic E-state index is 0.599. The van der Waals surface area contributed by atoms with Gasteiger partial charge in [-0.2, -0.15) is 0 Å². The van der Waals surface area contributed by atoms with Gasteiger partial charge < -0.3 is 10.3 Å². The summed E-state index contributed by atoms with van der Waals surface area (Å²) in [6.45, 7) is 2.07. The average molecular weight is 180 g/mol. The van der Waals surface area contributed by atoms with Gasteiger partial charge in [-0.3, -0.25) is 4.18 Å². The third-order valence-corrected chi connectivity index (χ3v) is 1.70. The van der Waals surface area contributed by atoms with Gasteiger partial charge in [-0.15, -0.1) is 0 Å². The molecule has 11 heavy (non-hydrogen) atoms. The van der Waals surface area contributed by atoms with Gasteiger partial charge in [-0.1, -0.05) is 19.8 Å². The third kappa shape index (κ3) is 7.93. The molecule has 0 aliphatic carbocycles. The maximum Gasteiger partial charge on any atom is 0.121 e. The van der Waals surface area contributed by atoms with Crippen LogP contribution in [0.4, 0.5) is 0 Å². The molecule has 68 valence electrons. The Balaban J connectivity index is 3.22. The second kappa shape index (κ2) is 6.72. The second-order valence-corrected chi connectivity index (χ2v) is 2.94. The lowest BCUT2D eigenvalue weighted by molar-refractivity contribution is 0.194. The van der Waals surface area contributed by atoms with Crippen molar-refractivity contribution >= 4 is 11.4 Å². The van der Waals surface area contributed by atoms with Crippen LogP contribution in [-0.4, -0.2) is 15.0 Å². The predicted molar refractivity (Wildman–Crippen MR) is 42.1 cm³/mol. The van der Waals surface area contributed by atoms with Crippen molar-refractivity contribution in [3.63, 3.8) is 0 Å². The van der Waals surface area contributed by atoms with E-state index in [4.69, 9.17) is 5.73 Å². The van der Waals surface area contributed by atoms with Crippen molar-refractivity contribution in [1.29, 1.82) is 0 Å². The smallest absolute Gasteiger partial charge is 0.121 e. The van der Waals surface area contributed by atoms with Gasteiger partial charge >= 0.3 is 0 Å². The largest absolute Gasteiger partial charge is 0.750 e. The van der Waals surface area contributed by atoms with Gasteiger partial charge in [0, 0.05) is 0 Å². The minimum atomic E-state index is -2.48. The molecule has 4 nitrogen and oxygen atoms in total. The third-order valence-electron chi connectivity index (χ3n) is 1.29. The first-order valence-corrected chi connectivity index (χ1v) is 4.68. The van der Waals surface area contributed by atoms with E-state index in [1.165, 1.54) is 0 Å². The quantitative estimate of drug-likeness (QED) is 0.370. The van der Waals surface area contributed by atoms with Crippen LogP contribution in [0.5, 0.6) is 0 Å². The molecular weight excluding hydrogens is 166 g/mol. The van der Waals surface area contributed by atoms with Crippen molar-refractivity contribution in [2.24, 2.45) is 5.73 Å². The Bertz CT molecular complexity index is 120. The maximum atomic E-state index is 9.94. The van der Waals surface area contributed by atoms with Crippen molar-refractivity contribution in [1.82, 2.24) is 0 Å². The van der Waals surface area contributed by atoms with Crippen LogP contribution in [0.15, 0.2) is 0 Å². The van der Waals surface area contributed by atoms with Gasteiger partial charge in [0.15, 0.2) is 0 Å². The number of hydrogen-bond acceptors (Lipinski definition) is 4. The summed E-state index contributed by atoms with van der Waals surface area (Å²) in [5.41, 5.74) is 5.30. The highest BCUT2D eigenvalue weighted by molar-refractivity contribution is 7.74. The van der Waals surface area contributed by atoms with Crippen molar-refractivity contribution in [2.45, 2.75) is 38.8 Å². The molecule has 0 bridgehead atoms. The Morgan fingerprint density at radius 1 is 1.64 bits per heavy atom. The minimum Gasteiger partial charge on any atom is -0.750 e. The molecule has 0 aromatic heterocycles. The predicted octanol–water partition coefficient (Wildman–Crippen LogP) is 0.662. The molecule has 2 N–H and O–H groups in total. The fourth-order valence-electron chi connectivity index (χ4n) is 0.745. The Hall–Kier alpha value is 0.0300. The highest BCUT2D eigenvalue weighted by atomic mass is 32.2. The molecule has 0 saturated carbocycles. The first-order valence-electron chi connectivity index (χ1n) is 3.68. The molecule has 0 aromatic carbocycles. The molecule has 0 spiro atoms. The van der Waals surface area contributed by atoms with Crippen LogP contribution in [0.25, 0.3) is 0 Å². The van der Waals surface area contributed by atoms with Crippen molar-refractivity contribution in [2.75, 3.05) is 0 Å². The summed E-state index contributed by atoms with van der Waals surface area (Å²) in [6.07, 6.45) is 2.99. The molecule has 2 atom stereocenters. The van der Waals surface area contributed by atoms with Crippen LogP contribution in [-0.2, 0) is 15.5 Å². The monoisotopic (exact) mass is 180 g/mol. The Morgan fingerprint density at radius 3 is 2.73 bits per heavy atom. The topological polar surface area (TPSA) is 75.4 Å². The Labute approximate surface area is 69.6 Å². The van der Waals surface area contributed by atoms with Gasteiger partial charge in [0.1, 0.15) is 6.23 Å². The van der Waals surface area contributed by atoms with Crippen LogP contribution in [0, 0.1) is 0 Å². The fraction of sp³-hybridized carbons (Fsp3) is 1.00. The van der Waals surface area contributed by atoms with Crippen LogP contribution in [0.2, 0.25) is 0 Å². The first-order chi connectivity index (χ1) is 5.16. The van der Waals surface area contributed by atoms with E-state index >= 15 is 0 Å².